The molecule has 0 saturated heterocycles. The van der Waals surface area contributed by atoms with Crippen molar-refractivity contribution in [3.63, 3.8) is 0 Å². The Balaban J connectivity index is -0.000000598. The summed E-state index contributed by atoms with van der Waals surface area (Å²) in [6, 6.07) is 0. The lowest BCUT2D eigenvalue weighted by atomic mass is 10.2. The van der Waals surface area contributed by atoms with E-state index in [2.05, 4.69) is 335 Å². The number of unbranched alkanes of at least 4 members (excludes halogenated alkanes) is 24. The topological polar surface area (TPSA) is 323 Å². The van der Waals surface area contributed by atoms with Gasteiger partial charge in [-0.15, -0.1) is 0 Å². The fourth-order valence-corrected chi connectivity index (χ4v) is 10.8. The quantitative estimate of drug-likeness (QED) is 0.0150. The van der Waals surface area contributed by atoms with Crippen molar-refractivity contribution in [2.75, 3.05) is 0 Å². The Labute approximate surface area is 694 Å². The second-order valence-electron chi connectivity index (χ2n) is 28.7. The maximum Gasteiger partial charge on any atom is 0.243 e. The molecule has 0 aliphatic heterocycles. The smallest absolute Gasteiger partial charge is 0.243 e. The van der Waals surface area contributed by atoms with Crippen LogP contribution in [0.1, 0.15) is 261 Å². The Morgan fingerprint density at radius 2 is 0.284 bits per heavy atom. The molecule has 0 fully saturated rings. The van der Waals surface area contributed by atoms with Gasteiger partial charge in [0.05, 0.1) is 109 Å². The summed E-state index contributed by atoms with van der Waals surface area (Å²) in [7, 11) is -6.09. The van der Waals surface area contributed by atoms with E-state index in [4.69, 9.17) is 57.4 Å². The van der Waals surface area contributed by atoms with Crippen LogP contribution in [0.25, 0.3) is 0 Å². The third kappa shape index (κ3) is 95.1. The minimum Gasteiger partial charge on any atom is -0.786 e. The van der Waals surface area contributed by atoms with Gasteiger partial charge in [-0.2, -0.15) is 0 Å². The van der Waals surface area contributed by atoms with Gasteiger partial charge in [-0.3, -0.25) is 0 Å². The number of nitrogens with zero attached hydrogens (tertiary/aromatic N) is 16. The summed E-state index contributed by atoms with van der Waals surface area (Å²) in [5, 5.41) is 0. The van der Waals surface area contributed by atoms with Gasteiger partial charge in [0.2, 0.25) is 50.6 Å². The van der Waals surface area contributed by atoms with Crippen LogP contribution in [0.5, 0.6) is 0 Å². The van der Waals surface area contributed by atoms with E-state index >= 15 is 0 Å². The first-order valence-corrected chi connectivity index (χ1v) is 47.3. The van der Waals surface area contributed by atoms with E-state index in [-0.39, 0.29) is 0 Å². The highest BCUT2D eigenvalue weighted by molar-refractivity contribution is 7.43. The number of hydrogen-bond donors (Lipinski definition) is 0. The van der Waals surface area contributed by atoms with Crippen LogP contribution in [0, 0.1) is 0 Å². The highest BCUT2D eigenvalue weighted by Crippen LogP contribution is 2.24. The van der Waals surface area contributed by atoms with E-state index in [9.17, 15) is 16.8 Å². The van der Waals surface area contributed by atoms with Crippen LogP contribution < -0.4 is 75.7 Å². The van der Waals surface area contributed by atoms with Crippen molar-refractivity contribution in [3.8, 4) is 0 Å². The fourth-order valence-electron chi connectivity index (χ4n) is 10.8. The first kappa shape index (κ1) is 116. The summed E-state index contributed by atoms with van der Waals surface area (Å²) >= 11 is 0. The molecule has 0 radical (unpaired) electrons. The van der Waals surface area contributed by atoms with Gasteiger partial charge < -0.3 is 57.4 Å². The summed E-state index contributed by atoms with van der Waals surface area (Å²) in [6.07, 6.45) is 93.6. The van der Waals surface area contributed by atoms with E-state index in [0.717, 1.165) is 0 Å². The van der Waals surface area contributed by atoms with Gasteiger partial charge >= 0.3 is 0 Å². The minimum atomic E-state index is -5.64. The Bertz CT molecular complexity index is 2980. The number of aromatic nitrogens is 16. The zero-order chi connectivity index (χ0) is 88.5. The summed E-state index contributed by atoms with van der Waals surface area (Å²) in [4.78, 5) is 67.5. The predicted octanol–water partition coefficient (Wildman–Crippen LogP) is 10.3. The maximum atomic E-state index is 10.1. The summed E-state index contributed by atoms with van der Waals surface area (Å²) < 4.78 is 109. The molecule has 0 aliphatic rings. The monoisotopic (exact) mass is 1730 g/mol. The van der Waals surface area contributed by atoms with E-state index in [1.54, 1.807) is 0 Å². The third-order valence-corrected chi connectivity index (χ3v) is 16.7. The van der Waals surface area contributed by atoms with Gasteiger partial charge in [0, 0.05) is 0 Å². The Morgan fingerprint density at radius 3 is 0.345 bits per heavy atom. The van der Waals surface area contributed by atoms with Crippen molar-refractivity contribution in [2.24, 2.45) is 56.4 Å². The van der Waals surface area contributed by atoms with E-state index < -0.39 is 31.6 Å². The van der Waals surface area contributed by atoms with Gasteiger partial charge in [-0.1, -0.05) is 158 Å². The van der Waals surface area contributed by atoms with Crippen molar-refractivity contribution >= 4 is 31.6 Å². The highest BCUT2D eigenvalue weighted by atomic mass is 31.2. The van der Waals surface area contributed by atoms with Crippen LogP contribution in [0.3, 0.4) is 0 Å². The normalized spacial score (nSPS) is 10.7. The SMILES string of the molecule is CCCCCCn1cc[n+](C)c1.CCCCCCn1cc[n+](C)c1.CCCCCCn1cc[n+](C)c1.CCCCCCn1cc[n+](C)c1.CCCCCCn1cc[n+](C)c1.CCCCCCn1cc[n+](C)c1.CCCCCCn1cc[n+](C)c1.CCCCCCn1cc[n+](C)c1.O=P([O-])([O-])F.O=P([O-])([O-])F.O=P([O-])([O-])F.O=P([O-])([O-])F. The largest absolute Gasteiger partial charge is 0.786 e. The Morgan fingerprint density at radius 1 is 0.198 bits per heavy atom. The molecule has 8 heterocycles. The lowest BCUT2D eigenvalue weighted by Gasteiger charge is -2.15. The number of hydrogen-bond acceptors (Lipinski definition) is 12. The molecule has 0 N–H and O–H groups in total. The average molecular weight is 1730 g/mol. The molecule has 36 heteroatoms. The minimum absolute atomic E-state index is 1.17. The third-order valence-electron chi connectivity index (χ3n) is 16.7. The van der Waals surface area contributed by atoms with Crippen LogP contribution >= 0.6 is 31.6 Å². The van der Waals surface area contributed by atoms with Crippen LogP contribution in [0.15, 0.2) is 150 Å². The van der Waals surface area contributed by atoms with Crippen LogP contribution in [-0.4, -0.2) is 36.5 Å². The molecular formula is C80H152F4N16O12P4. The average Bonchev–Trinajstić information content (AvgIpc) is 1.86. The zero-order valence-corrected chi connectivity index (χ0v) is 77.1. The molecular weight excluding hydrogens is 1580 g/mol. The molecule has 28 nitrogen and oxygen atoms in total. The second-order valence-corrected chi connectivity index (χ2v) is 32.2. The van der Waals surface area contributed by atoms with Gasteiger partial charge in [-0.25, -0.2) is 89.9 Å². The van der Waals surface area contributed by atoms with Crippen molar-refractivity contribution < 1.29 is 111 Å². The molecule has 0 atom stereocenters. The molecule has 0 aliphatic carbocycles. The zero-order valence-electron chi connectivity index (χ0n) is 73.5. The molecule has 0 amide bonds. The van der Waals surface area contributed by atoms with Gasteiger partial charge in [0.25, 0.3) is 0 Å². The Kier molecular flexibility index (Phi) is 75.4. The molecule has 672 valence electrons. The molecule has 8 rings (SSSR count). The summed E-state index contributed by atoms with van der Waals surface area (Å²) in [5.74, 6) is 0. The van der Waals surface area contributed by atoms with Crippen molar-refractivity contribution in [1.82, 2.24) is 36.5 Å². The highest BCUT2D eigenvalue weighted by Gasteiger charge is 2.05. The van der Waals surface area contributed by atoms with Crippen molar-refractivity contribution in [1.29, 1.82) is 0 Å². The molecule has 116 heavy (non-hydrogen) atoms. The van der Waals surface area contributed by atoms with Crippen LogP contribution in [0.4, 0.5) is 16.8 Å². The number of rotatable bonds is 40. The van der Waals surface area contributed by atoms with Gasteiger partial charge in [0.15, 0.2) is 0 Å². The summed E-state index contributed by atoms with van der Waals surface area (Å²) in [6.45, 7) is 27.3. The maximum absolute atomic E-state index is 10.1. The number of imidazole rings is 8. The molecule has 8 aromatic rings. The van der Waals surface area contributed by atoms with Crippen molar-refractivity contribution in [2.45, 2.75) is 313 Å². The van der Waals surface area contributed by atoms with Gasteiger partial charge in [0.1, 0.15) is 131 Å². The molecule has 0 bridgehead atoms. The molecule has 8 aromatic heterocycles. The summed E-state index contributed by atoms with van der Waals surface area (Å²) in [5.41, 5.74) is 0. The lowest BCUT2D eigenvalue weighted by Crippen LogP contribution is -2.23. The van der Waals surface area contributed by atoms with E-state index in [0.29, 0.717) is 0 Å². The first-order valence-electron chi connectivity index (χ1n) is 41.6. The molecule has 0 spiro atoms. The van der Waals surface area contributed by atoms with Crippen LogP contribution in [-0.2, 0) is 127 Å². The standard InChI is InChI=1S/8C10H19N2.4FH2O3P/c8*1-3-4-5-6-7-12-9-8-11(2)10-12;4*1-5(2,3)4/h8*8-10H,3-7H2,1-2H3;4*(H2,2,3,4)/q8*+1;;;;/p-8. The van der Waals surface area contributed by atoms with E-state index in [1.807, 2.05) is 0 Å². The number of aryl methyl sites for hydroxylation is 16. The predicted molar refractivity (Wildman–Crippen MR) is 433 cm³/mol. The first-order chi connectivity index (χ1) is 54.6. The lowest BCUT2D eigenvalue weighted by molar-refractivity contribution is -0.671. The van der Waals surface area contributed by atoms with E-state index in [1.165, 1.54) is 258 Å². The van der Waals surface area contributed by atoms with Gasteiger partial charge in [-0.05, 0) is 103 Å². The van der Waals surface area contributed by atoms with Crippen LogP contribution in [0.2, 0.25) is 0 Å². The van der Waals surface area contributed by atoms with Crippen molar-refractivity contribution in [3.05, 3.63) is 150 Å². The Hall–Kier alpha value is -6.00. The molecule has 0 aromatic carbocycles. The fraction of sp³-hybridized carbons (Fsp3) is 0.700. The second kappa shape index (κ2) is 75.2. The number of halogens is 4. The molecule has 0 saturated carbocycles. The molecule has 0 unspecified atom stereocenters.